The lowest BCUT2D eigenvalue weighted by Gasteiger charge is -1.96. The van der Waals surface area contributed by atoms with Gasteiger partial charge in [-0.05, 0) is 6.07 Å². The van der Waals surface area contributed by atoms with Crippen molar-refractivity contribution in [2.75, 3.05) is 0 Å². The molecule has 12 heavy (non-hydrogen) atoms. The highest BCUT2D eigenvalue weighted by Crippen LogP contribution is 2.05. The Kier molecular flexibility index (Phi) is 3.34. The van der Waals surface area contributed by atoms with Crippen molar-refractivity contribution >= 4 is 16.9 Å². The van der Waals surface area contributed by atoms with Crippen LogP contribution in [0.3, 0.4) is 0 Å². The highest BCUT2D eigenvalue weighted by atomic mass is 32.2. The van der Waals surface area contributed by atoms with E-state index in [2.05, 4.69) is 15.1 Å². The molecule has 1 aromatic rings. The van der Waals surface area contributed by atoms with Gasteiger partial charge >= 0.3 is 0 Å². The molecule has 1 rings (SSSR count). The molecule has 0 aromatic carbocycles. The van der Waals surface area contributed by atoms with Gasteiger partial charge in [0.05, 0.1) is 5.75 Å². The number of amidine groups is 1. The maximum atomic E-state index is 5.35. The summed E-state index contributed by atoms with van der Waals surface area (Å²) in [6.45, 7) is 0. The van der Waals surface area contributed by atoms with Crippen molar-refractivity contribution in [3.63, 3.8) is 0 Å². The minimum absolute atomic E-state index is 0.336. The molecule has 0 atom stereocenters. The van der Waals surface area contributed by atoms with E-state index in [0.717, 1.165) is 0 Å². The molecule has 0 aliphatic carbocycles. The molecule has 0 aliphatic heterocycles. The predicted molar refractivity (Wildman–Crippen MR) is 49.1 cm³/mol. The standard InChI is InChI=1S/C6H9N5S/c7-6(11-8)12-4-5-9-2-1-3-10-5/h1-3H,4,8H2,(H2,7,11). The SMILES string of the molecule is NN=C(N)SCc1ncccn1. The van der Waals surface area contributed by atoms with Crippen molar-refractivity contribution in [1.29, 1.82) is 0 Å². The second-order valence-electron chi connectivity index (χ2n) is 1.92. The Bertz CT molecular complexity index is 260. The van der Waals surface area contributed by atoms with Crippen molar-refractivity contribution in [3.8, 4) is 0 Å². The van der Waals surface area contributed by atoms with Crippen LogP contribution in [0.1, 0.15) is 5.82 Å². The van der Waals surface area contributed by atoms with E-state index in [1.54, 1.807) is 18.5 Å². The Labute approximate surface area is 74.3 Å². The molecule has 0 bridgehead atoms. The topological polar surface area (TPSA) is 90.2 Å². The summed E-state index contributed by atoms with van der Waals surface area (Å²) in [6, 6.07) is 1.76. The number of rotatable bonds is 2. The fourth-order valence-corrected chi connectivity index (χ4v) is 1.08. The molecule has 0 unspecified atom stereocenters. The highest BCUT2D eigenvalue weighted by molar-refractivity contribution is 8.13. The normalized spacial score (nSPS) is 11.5. The number of hydrogen-bond acceptors (Lipinski definition) is 5. The maximum Gasteiger partial charge on any atom is 0.177 e. The van der Waals surface area contributed by atoms with Gasteiger partial charge in [0.1, 0.15) is 5.82 Å². The molecule has 0 radical (unpaired) electrons. The third-order valence-corrected chi connectivity index (χ3v) is 1.90. The zero-order chi connectivity index (χ0) is 8.81. The minimum Gasteiger partial charge on any atom is -0.377 e. The smallest absolute Gasteiger partial charge is 0.177 e. The molecule has 4 N–H and O–H groups in total. The number of nitrogens with zero attached hydrogens (tertiary/aromatic N) is 3. The summed E-state index contributed by atoms with van der Waals surface area (Å²) in [7, 11) is 0. The fraction of sp³-hybridized carbons (Fsp3) is 0.167. The Hall–Kier alpha value is -1.30. The Morgan fingerprint density at radius 1 is 1.50 bits per heavy atom. The predicted octanol–water partition coefficient (Wildman–Crippen LogP) is -0.102. The van der Waals surface area contributed by atoms with Gasteiger partial charge < -0.3 is 11.6 Å². The van der Waals surface area contributed by atoms with Gasteiger partial charge in [-0.25, -0.2) is 9.97 Å². The van der Waals surface area contributed by atoms with Gasteiger partial charge in [-0.1, -0.05) is 11.8 Å². The fourth-order valence-electron chi connectivity index (χ4n) is 0.580. The first-order valence-corrected chi connectivity index (χ1v) is 4.23. The van der Waals surface area contributed by atoms with Gasteiger partial charge in [0.2, 0.25) is 0 Å². The van der Waals surface area contributed by atoms with Crippen LogP contribution < -0.4 is 11.6 Å². The van der Waals surface area contributed by atoms with Crippen molar-refractivity contribution in [2.45, 2.75) is 5.75 Å². The lowest BCUT2D eigenvalue weighted by molar-refractivity contribution is 1.04. The van der Waals surface area contributed by atoms with E-state index < -0.39 is 0 Å². The van der Waals surface area contributed by atoms with E-state index in [9.17, 15) is 0 Å². The summed E-state index contributed by atoms with van der Waals surface area (Å²) in [5, 5.41) is 3.64. The van der Waals surface area contributed by atoms with Crippen LogP contribution >= 0.6 is 11.8 Å². The summed E-state index contributed by atoms with van der Waals surface area (Å²) in [6.07, 6.45) is 3.36. The monoisotopic (exact) mass is 183 g/mol. The van der Waals surface area contributed by atoms with E-state index in [1.165, 1.54) is 11.8 Å². The van der Waals surface area contributed by atoms with Crippen LogP contribution in [-0.2, 0) is 5.75 Å². The average Bonchev–Trinajstić information content (AvgIpc) is 2.16. The molecule has 0 fully saturated rings. The molecular formula is C6H9N5S. The van der Waals surface area contributed by atoms with Crippen molar-refractivity contribution in [2.24, 2.45) is 16.7 Å². The third-order valence-electron chi connectivity index (χ3n) is 1.10. The van der Waals surface area contributed by atoms with Crippen molar-refractivity contribution in [1.82, 2.24) is 9.97 Å². The number of aromatic nitrogens is 2. The Balaban J connectivity index is 2.44. The summed E-state index contributed by atoms with van der Waals surface area (Å²) in [4.78, 5) is 8.00. The lowest BCUT2D eigenvalue weighted by Crippen LogP contribution is -2.09. The first-order valence-electron chi connectivity index (χ1n) is 3.25. The second kappa shape index (κ2) is 4.55. The molecule has 0 spiro atoms. The van der Waals surface area contributed by atoms with E-state index >= 15 is 0 Å². The maximum absolute atomic E-state index is 5.35. The molecule has 0 aliphatic rings. The molecule has 0 saturated heterocycles. The van der Waals surface area contributed by atoms with Gasteiger partial charge in [0, 0.05) is 12.4 Å². The third kappa shape index (κ3) is 2.75. The van der Waals surface area contributed by atoms with Crippen LogP contribution in [0.4, 0.5) is 0 Å². The molecule has 0 saturated carbocycles. The van der Waals surface area contributed by atoms with E-state index in [0.29, 0.717) is 16.7 Å². The molecule has 1 aromatic heterocycles. The lowest BCUT2D eigenvalue weighted by atomic mass is 10.6. The summed E-state index contributed by atoms with van der Waals surface area (Å²) in [5.74, 6) is 6.24. The van der Waals surface area contributed by atoms with Gasteiger partial charge in [-0.3, -0.25) is 0 Å². The molecular weight excluding hydrogens is 174 g/mol. The van der Waals surface area contributed by atoms with Crippen molar-refractivity contribution < 1.29 is 0 Å². The van der Waals surface area contributed by atoms with Crippen molar-refractivity contribution in [3.05, 3.63) is 24.3 Å². The van der Waals surface area contributed by atoms with Gasteiger partial charge in [0.15, 0.2) is 5.17 Å². The first-order chi connectivity index (χ1) is 5.83. The van der Waals surface area contributed by atoms with Crippen LogP contribution in [0.2, 0.25) is 0 Å². The van der Waals surface area contributed by atoms with Crippen LogP contribution in [-0.4, -0.2) is 15.1 Å². The first kappa shape index (κ1) is 8.79. The molecule has 5 nitrogen and oxygen atoms in total. The highest BCUT2D eigenvalue weighted by Gasteiger charge is 1.96. The van der Waals surface area contributed by atoms with E-state index in [1.807, 2.05) is 0 Å². The Morgan fingerprint density at radius 2 is 2.17 bits per heavy atom. The number of hydrazone groups is 1. The second-order valence-corrected chi connectivity index (χ2v) is 2.92. The zero-order valence-electron chi connectivity index (χ0n) is 6.34. The van der Waals surface area contributed by atoms with Crippen LogP contribution in [0, 0.1) is 0 Å². The minimum atomic E-state index is 0.336. The number of nitrogens with two attached hydrogens (primary N) is 2. The number of hydrogen-bond donors (Lipinski definition) is 2. The quantitative estimate of drug-likeness (QED) is 0.289. The van der Waals surface area contributed by atoms with Gasteiger partial charge in [-0.2, -0.15) is 5.10 Å². The largest absolute Gasteiger partial charge is 0.377 e. The summed E-state index contributed by atoms with van der Waals surface area (Å²) < 4.78 is 0. The van der Waals surface area contributed by atoms with E-state index in [4.69, 9.17) is 11.6 Å². The van der Waals surface area contributed by atoms with Gasteiger partial charge in [-0.15, -0.1) is 0 Å². The zero-order valence-corrected chi connectivity index (χ0v) is 7.16. The van der Waals surface area contributed by atoms with Crippen LogP contribution in [0.15, 0.2) is 23.6 Å². The number of thioether (sulfide) groups is 1. The van der Waals surface area contributed by atoms with Crippen LogP contribution in [0.5, 0.6) is 0 Å². The molecule has 64 valence electrons. The van der Waals surface area contributed by atoms with Crippen LogP contribution in [0.25, 0.3) is 0 Å². The molecule has 0 amide bonds. The summed E-state index contributed by atoms with van der Waals surface area (Å²) >= 11 is 1.31. The van der Waals surface area contributed by atoms with E-state index in [-0.39, 0.29) is 0 Å². The van der Waals surface area contributed by atoms with Gasteiger partial charge in [0.25, 0.3) is 0 Å². The molecule has 6 heteroatoms. The Morgan fingerprint density at radius 3 is 2.75 bits per heavy atom. The summed E-state index contributed by atoms with van der Waals surface area (Å²) in [5.41, 5.74) is 5.35. The average molecular weight is 183 g/mol. The molecule has 1 heterocycles.